The highest BCUT2D eigenvalue weighted by Gasteiger charge is 2.66. The second-order valence-corrected chi connectivity index (χ2v) is 8.47. The number of imide groups is 1. The summed E-state index contributed by atoms with van der Waals surface area (Å²) in [5.74, 6) is 0.256. The zero-order valence-corrected chi connectivity index (χ0v) is 14.7. The predicted molar refractivity (Wildman–Crippen MR) is 87.7 cm³/mol. The van der Waals surface area contributed by atoms with Crippen LogP contribution in [0.3, 0.4) is 0 Å². The van der Waals surface area contributed by atoms with Crippen LogP contribution in [0.25, 0.3) is 0 Å². The highest BCUT2D eigenvalue weighted by Crippen LogP contribution is 2.60. The molecule has 2 aliphatic carbocycles. The molecule has 0 unspecified atom stereocenters. The van der Waals surface area contributed by atoms with E-state index in [0.717, 1.165) is 12.0 Å². The number of anilines is 1. The van der Waals surface area contributed by atoms with Crippen LogP contribution < -0.4 is 4.90 Å². The van der Waals surface area contributed by atoms with Crippen molar-refractivity contribution in [3.63, 3.8) is 0 Å². The van der Waals surface area contributed by atoms with Gasteiger partial charge in [0.25, 0.3) is 0 Å². The molecule has 1 saturated heterocycles. The number of aryl methyl sites for hydroxylation is 1. The molecule has 5 heteroatoms. The van der Waals surface area contributed by atoms with Gasteiger partial charge in [0.2, 0.25) is 11.8 Å². The summed E-state index contributed by atoms with van der Waals surface area (Å²) in [6, 6.07) is 7.62. The van der Waals surface area contributed by atoms with Gasteiger partial charge in [0.15, 0.2) is 0 Å². The van der Waals surface area contributed by atoms with Gasteiger partial charge in [0.05, 0.1) is 17.5 Å². The van der Waals surface area contributed by atoms with Gasteiger partial charge in [-0.25, -0.2) is 0 Å². The number of carbonyl (C=O) groups excluding carboxylic acids is 2. The van der Waals surface area contributed by atoms with Crippen molar-refractivity contribution in [2.24, 2.45) is 23.7 Å². The molecule has 4 rings (SSSR count). The second-order valence-electron chi connectivity index (χ2n) is 6.35. The lowest BCUT2D eigenvalue weighted by molar-refractivity contribution is -0.123. The van der Waals surface area contributed by atoms with E-state index >= 15 is 0 Å². The molecule has 1 aromatic rings. The van der Waals surface area contributed by atoms with Crippen LogP contribution >= 0.6 is 31.9 Å². The number of nitrogens with zero attached hydrogens (tertiary/aromatic N) is 1. The largest absolute Gasteiger partial charge is 0.274 e. The maximum atomic E-state index is 12.8. The van der Waals surface area contributed by atoms with Crippen molar-refractivity contribution >= 4 is 49.4 Å². The summed E-state index contributed by atoms with van der Waals surface area (Å²) in [5.41, 5.74) is 1.83. The number of hydrogen-bond donors (Lipinski definition) is 0. The third kappa shape index (κ3) is 1.76. The van der Waals surface area contributed by atoms with Gasteiger partial charge in [0, 0.05) is 9.65 Å². The lowest BCUT2D eigenvalue weighted by Crippen LogP contribution is -2.37. The fourth-order valence-corrected chi connectivity index (χ4v) is 6.17. The Morgan fingerprint density at radius 3 is 1.90 bits per heavy atom. The standard InChI is InChI=1S/C16H15Br2NO2/c1-7-2-4-8(5-3-7)19-15(20)11-9-6-10(12(11)16(19)21)14(18)13(9)17/h2-5,9-14H,6H2,1H3/t9-,10+,11-,12-,13-,14+/m0/s1. The molecule has 0 spiro atoms. The number of rotatable bonds is 1. The molecule has 2 saturated carbocycles. The van der Waals surface area contributed by atoms with Gasteiger partial charge in [-0.05, 0) is 37.3 Å². The second kappa shape index (κ2) is 4.66. The molecule has 2 amide bonds. The van der Waals surface area contributed by atoms with Crippen molar-refractivity contribution in [3.05, 3.63) is 29.8 Å². The van der Waals surface area contributed by atoms with E-state index in [1.54, 1.807) is 0 Å². The lowest BCUT2D eigenvalue weighted by Gasteiger charge is -2.28. The molecule has 0 N–H and O–H groups in total. The van der Waals surface area contributed by atoms with Crippen molar-refractivity contribution < 1.29 is 9.59 Å². The molecule has 3 fully saturated rings. The summed E-state index contributed by atoms with van der Waals surface area (Å²) in [6.07, 6.45) is 0.973. The smallest absolute Gasteiger partial charge is 0.238 e. The SMILES string of the molecule is Cc1ccc(N2C(=O)[C@H]3[C@@H]4C[C@@H]([C@@H](Br)[C@H]4Br)[C@@H]3C2=O)cc1. The van der Waals surface area contributed by atoms with Crippen LogP contribution in [0.5, 0.6) is 0 Å². The Morgan fingerprint density at radius 1 is 0.952 bits per heavy atom. The minimum atomic E-state index is -0.137. The third-order valence-electron chi connectivity index (χ3n) is 5.28. The zero-order chi connectivity index (χ0) is 14.9. The number of carbonyl (C=O) groups is 2. The van der Waals surface area contributed by atoms with Crippen LogP contribution in [-0.4, -0.2) is 21.5 Å². The fourth-order valence-electron chi connectivity index (χ4n) is 4.30. The van der Waals surface area contributed by atoms with E-state index < -0.39 is 0 Å². The molecule has 2 bridgehead atoms. The van der Waals surface area contributed by atoms with Gasteiger partial charge in [-0.3, -0.25) is 14.5 Å². The van der Waals surface area contributed by atoms with Gasteiger partial charge in [-0.1, -0.05) is 49.6 Å². The van der Waals surface area contributed by atoms with Gasteiger partial charge < -0.3 is 0 Å². The molecule has 3 aliphatic rings. The van der Waals surface area contributed by atoms with E-state index in [1.165, 1.54) is 4.90 Å². The van der Waals surface area contributed by atoms with Crippen LogP contribution in [-0.2, 0) is 9.59 Å². The van der Waals surface area contributed by atoms with E-state index in [9.17, 15) is 9.59 Å². The van der Waals surface area contributed by atoms with Crippen LogP contribution in [0.2, 0.25) is 0 Å². The molecule has 110 valence electrons. The summed E-state index contributed by atoms with van der Waals surface area (Å²) in [6.45, 7) is 2.00. The minimum Gasteiger partial charge on any atom is -0.274 e. The monoisotopic (exact) mass is 411 g/mol. The average molecular weight is 413 g/mol. The van der Waals surface area contributed by atoms with Crippen molar-refractivity contribution in [1.29, 1.82) is 0 Å². The molecular weight excluding hydrogens is 398 g/mol. The Kier molecular flexibility index (Phi) is 3.09. The maximum absolute atomic E-state index is 12.8. The van der Waals surface area contributed by atoms with E-state index in [0.29, 0.717) is 15.3 Å². The number of amides is 2. The van der Waals surface area contributed by atoms with Crippen molar-refractivity contribution in [1.82, 2.24) is 0 Å². The topological polar surface area (TPSA) is 37.4 Å². The number of benzene rings is 1. The molecule has 0 radical (unpaired) electrons. The molecule has 1 heterocycles. The van der Waals surface area contributed by atoms with Gasteiger partial charge >= 0.3 is 0 Å². The van der Waals surface area contributed by atoms with E-state index in [2.05, 4.69) is 31.9 Å². The Balaban J connectivity index is 1.73. The molecular formula is C16H15Br2NO2. The normalized spacial score (nSPS) is 41.0. The van der Waals surface area contributed by atoms with E-state index in [1.807, 2.05) is 31.2 Å². The summed E-state index contributed by atoms with van der Waals surface area (Å²) in [4.78, 5) is 27.6. The summed E-state index contributed by atoms with van der Waals surface area (Å²) < 4.78 is 0. The minimum absolute atomic E-state index is 0.00907. The van der Waals surface area contributed by atoms with Gasteiger partial charge in [-0.2, -0.15) is 0 Å². The van der Waals surface area contributed by atoms with E-state index in [4.69, 9.17) is 0 Å². The van der Waals surface area contributed by atoms with Crippen LogP contribution in [0.15, 0.2) is 24.3 Å². The van der Waals surface area contributed by atoms with Crippen molar-refractivity contribution in [3.8, 4) is 0 Å². The zero-order valence-electron chi connectivity index (χ0n) is 11.5. The Hall–Kier alpha value is -0.680. The first-order valence-corrected chi connectivity index (χ1v) is 9.06. The van der Waals surface area contributed by atoms with Crippen molar-refractivity contribution in [2.45, 2.75) is 23.0 Å². The van der Waals surface area contributed by atoms with Gasteiger partial charge in [0.1, 0.15) is 0 Å². The Bertz CT molecular complexity index is 598. The first-order valence-electron chi connectivity index (χ1n) is 7.23. The number of hydrogen-bond acceptors (Lipinski definition) is 2. The fraction of sp³-hybridized carbons (Fsp3) is 0.500. The number of halogens is 2. The summed E-state index contributed by atoms with van der Waals surface area (Å²) in [7, 11) is 0. The van der Waals surface area contributed by atoms with Crippen LogP contribution in [0.1, 0.15) is 12.0 Å². The van der Waals surface area contributed by atoms with Crippen molar-refractivity contribution in [2.75, 3.05) is 4.90 Å². The molecule has 0 aromatic heterocycles. The molecule has 6 atom stereocenters. The molecule has 3 nitrogen and oxygen atoms in total. The third-order valence-corrected chi connectivity index (χ3v) is 8.49. The average Bonchev–Trinajstić information content (AvgIpc) is 3.06. The Labute approximate surface area is 140 Å². The van der Waals surface area contributed by atoms with Crippen LogP contribution in [0, 0.1) is 30.6 Å². The summed E-state index contributed by atoms with van der Waals surface area (Å²) in [5, 5.41) is 0. The molecule has 21 heavy (non-hydrogen) atoms. The molecule has 1 aliphatic heterocycles. The first kappa shape index (κ1) is 13.9. The van der Waals surface area contributed by atoms with Crippen LogP contribution in [0.4, 0.5) is 5.69 Å². The number of fused-ring (bicyclic) bond motifs is 5. The lowest BCUT2D eigenvalue weighted by atomic mass is 9.81. The maximum Gasteiger partial charge on any atom is 0.238 e. The van der Waals surface area contributed by atoms with E-state index in [-0.39, 0.29) is 35.5 Å². The first-order chi connectivity index (χ1) is 10.0. The predicted octanol–water partition coefficient (Wildman–Crippen LogP) is 3.28. The quantitative estimate of drug-likeness (QED) is 0.524. The number of alkyl halides is 2. The highest BCUT2D eigenvalue weighted by atomic mass is 79.9. The summed E-state index contributed by atoms with van der Waals surface area (Å²) >= 11 is 7.40. The Morgan fingerprint density at radius 2 is 1.43 bits per heavy atom. The van der Waals surface area contributed by atoms with Gasteiger partial charge in [-0.15, -0.1) is 0 Å². The molecule has 1 aromatic carbocycles. The highest BCUT2D eigenvalue weighted by molar-refractivity contribution is 9.12.